The van der Waals surface area contributed by atoms with Gasteiger partial charge in [-0.1, -0.05) is 43.7 Å². The molecule has 4 heteroatoms. The van der Waals surface area contributed by atoms with Gasteiger partial charge < -0.3 is 9.47 Å². The SMILES string of the molecule is C=CCN(Cc1cccn1Cc1cccc(Cl)c1)C(=O)C(C)C. The highest BCUT2D eigenvalue weighted by Gasteiger charge is 2.17. The number of carbonyl (C=O) groups excluding carboxylic acids is 1. The molecule has 0 atom stereocenters. The van der Waals surface area contributed by atoms with E-state index in [0.717, 1.165) is 22.8 Å². The highest BCUT2D eigenvalue weighted by molar-refractivity contribution is 6.30. The number of nitrogens with zero attached hydrogens (tertiary/aromatic N) is 2. The fourth-order valence-corrected chi connectivity index (χ4v) is 2.74. The fraction of sp³-hybridized carbons (Fsp3) is 0.316. The van der Waals surface area contributed by atoms with Gasteiger partial charge in [0, 0.05) is 35.9 Å². The molecule has 23 heavy (non-hydrogen) atoms. The van der Waals surface area contributed by atoms with Crippen LogP contribution >= 0.6 is 11.6 Å². The lowest BCUT2D eigenvalue weighted by Gasteiger charge is -2.24. The van der Waals surface area contributed by atoms with Gasteiger partial charge in [-0.2, -0.15) is 0 Å². The molecule has 2 rings (SSSR count). The van der Waals surface area contributed by atoms with Gasteiger partial charge in [0.05, 0.1) is 6.54 Å². The van der Waals surface area contributed by atoms with Crippen molar-refractivity contribution in [2.45, 2.75) is 26.9 Å². The molecule has 0 N–H and O–H groups in total. The van der Waals surface area contributed by atoms with Gasteiger partial charge in [0.15, 0.2) is 0 Å². The Morgan fingerprint density at radius 3 is 2.78 bits per heavy atom. The molecule has 3 nitrogen and oxygen atoms in total. The molecule has 1 aromatic heterocycles. The summed E-state index contributed by atoms with van der Waals surface area (Å²) in [4.78, 5) is 14.2. The Bertz CT molecular complexity index is 676. The van der Waals surface area contributed by atoms with Gasteiger partial charge in [-0.25, -0.2) is 0 Å². The van der Waals surface area contributed by atoms with Gasteiger partial charge in [0.2, 0.25) is 5.91 Å². The van der Waals surface area contributed by atoms with Crippen LogP contribution in [-0.2, 0) is 17.9 Å². The van der Waals surface area contributed by atoms with E-state index in [2.05, 4.69) is 17.2 Å². The summed E-state index contributed by atoms with van der Waals surface area (Å²) in [5.74, 6) is 0.117. The first-order chi connectivity index (χ1) is 11.0. The molecule has 122 valence electrons. The van der Waals surface area contributed by atoms with E-state index in [0.29, 0.717) is 13.1 Å². The van der Waals surface area contributed by atoms with Crippen molar-refractivity contribution in [2.75, 3.05) is 6.54 Å². The summed E-state index contributed by atoms with van der Waals surface area (Å²) >= 11 is 6.05. The summed E-state index contributed by atoms with van der Waals surface area (Å²) < 4.78 is 2.15. The second-order valence-electron chi connectivity index (χ2n) is 5.92. The number of aromatic nitrogens is 1. The number of hydrogen-bond donors (Lipinski definition) is 0. The van der Waals surface area contributed by atoms with Gasteiger partial charge in [-0.3, -0.25) is 4.79 Å². The zero-order valence-electron chi connectivity index (χ0n) is 13.7. The summed E-state index contributed by atoms with van der Waals surface area (Å²) in [5, 5.41) is 0.736. The third kappa shape index (κ3) is 4.73. The first-order valence-electron chi connectivity index (χ1n) is 7.79. The Hall–Kier alpha value is -2.00. The summed E-state index contributed by atoms with van der Waals surface area (Å²) in [6.07, 6.45) is 3.80. The molecule has 0 saturated carbocycles. The summed E-state index contributed by atoms with van der Waals surface area (Å²) in [6.45, 7) is 9.47. The molecule has 0 aliphatic carbocycles. The van der Waals surface area contributed by atoms with E-state index in [4.69, 9.17) is 11.6 Å². The van der Waals surface area contributed by atoms with Crippen LogP contribution in [0.25, 0.3) is 0 Å². The van der Waals surface area contributed by atoms with Crippen LogP contribution in [0.2, 0.25) is 5.02 Å². The van der Waals surface area contributed by atoms with Crippen molar-refractivity contribution in [2.24, 2.45) is 5.92 Å². The molecule has 0 aliphatic rings. The van der Waals surface area contributed by atoms with Crippen molar-refractivity contribution < 1.29 is 4.79 Å². The first-order valence-corrected chi connectivity index (χ1v) is 8.17. The standard InChI is InChI=1S/C19H23ClN2O/c1-4-10-22(19(23)15(2)3)14-18-9-6-11-21(18)13-16-7-5-8-17(20)12-16/h4-9,11-12,15H,1,10,13-14H2,2-3H3. The third-order valence-corrected chi connectivity index (χ3v) is 3.91. The highest BCUT2D eigenvalue weighted by Crippen LogP contribution is 2.15. The van der Waals surface area contributed by atoms with Crippen LogP contribution < -0.4 is 0 Å². The molecular weight excluding hydrogens is 308 g/mol. The summed E-state index contributed by atoms with van der Waals surface area (Å²) in [6, 6.07) is 11.9. The average Bonchev–Trinajstić information content (AvgIpc) is 2.93. The lowest BCUT2D eigenvalue weighted by atomic mass is 10.2. The predicted octanol–water partition coefficient (Wildman–Crippen LogP) is 4.36. The van der Waals surface area contributed by atoms with E-state index in [1.54, 1.807) is 6.08 Å². The van der Waals surface area contributed by atoms with E-state index >= 15 is 0 Å². The van der Waals surface area contributed by atoms with Gasteiger partial charge >= 0.3 is 0 Å². The van der Waals surface area contributed by atoms with Crippen LogP contribution in [0.4, 0.5) is 0 Å². The number of benzene rings is 1. The Morgan fingerprint density at radius 2 is 2.13 bits per heavy atom. The molecule has 2 aromatic rings. The number of hydrogen-bond acceptors (Lipinski definition) is 1. The van der Waals surface area contributed by atoms with E-state index < -0.39 is 0 Å². The van der Waals surface area contributed by atoms with E-state index in [1.165, 1.54) is 0 Å². The highest BCUT2D eigenvalue weighted by atomic mass is 35.5. The van der Waals surface area contributed by atoms with E-state index in [9.17, 15) is 4.79 Å². The van der Waals surface area contributed by atoms with E-state index in [1.807, 2.05) is 55.3 Å². The van der Waals surface area contributed by atoms with Crippen molar-refractivity contribution in [3.05, 3.63) is 71.5 Å². The quantitative estimate of drug-likeness (QED) is 0.692. The van der Waals surface area contributed by atoms with Crippen molar-refractivity contribution >= 4 is 17.5 Å². The Morgan fingerprint density at radius 1 is 1.35 bits per heavy atom. The number of amides is 1. The minimum absolute atomic E-state index is 0.0220. The molecule has 0 saturated heterocycles. The molecule has 0 spiro atoms. The molecule has 0 aliphatic heterocycles. The fourth-order valence-electron chi connectivity index (χ4n) is 2.53. The minimum atomic E-state index is -0.0220. The monoisotopic (exact) mass is 330 g/mol. The van der Waals surface area contributed by atoms with Crippen LogP contribution in [0.5, 0.6) is 0 Å². The Kier molecular flexibility index (Phi) is 6.05. The second kappa shape index (κ2) is 8.02. The van der Waals surface area contributed by atoms with Crippen LogP contribution in [0, 0.1) is 5.92 Å². The van der Waals surface area contributed by atoms with Crippen molar-refractivity contribution in [1.29, 1.82) is 0 Å². The molecule has 1 amide bonds. The average molecular weight is 331 g/mol. The zero-order valence-corrected chi connectivity index (χ0v) is 14.5. The topological polar surface area (TPSA) is 25.2 Å². The van der Waals surface area contributed by atoms with Gasteiger partial charge in [-0.05, 0) is 29.8 Å². The molecule has 0 radical (unpaired) electrons. The molecule has 1 heterocycles. The Balaban J connectivity index is 2.16. The molecule has 0 unspecified atom stereocenters. The third-order valence-electron chi connectivity index (χ3n) is 3.67. The summed E-state index contributed by atoms with van der Waals surface area (Å²) in [7, 11) is 0. The van der Waals surface area contributed by atoms with Crippen molar-refractivity contribution in [3.8, 4) is 0 Å². The van der Waals surface area contributed by atoms with Crippen molar-refractivity contribution in [1.82, 2.24) is 9.47 Å². The van der Waals surface area contributed by atoms with Crippen molar-refractivity contribution in [3.63, 3.8) is 0 Å². The predicted molar refractivity (Wildman–Crippen MR) is 95.4 cm³/mol. The van der Waals surface area contributed by atoms with E-state index in [-0.39, 0.29) is 11.8 Å². The normalized spacial score (nSPS) is 10.8. The van der Waals surface area contributed by atoms with Gasteiger partial charge in [0.25, 0.3) is 0 Å². The lowest BCUT2D eigenvalue weighted by molar-refractivity contribution is -0.134. The van der Waals surface area contributed by atoms with Crippen LogP contribution in [0.3, 0.4) is 0 Å². The maximum Gasteiger partial charge on any atom is 0.225 e. The molecule has 0 fully saturated rings. The first kappa shape index (κ1) is 17.4. The summed E-state index contributed by atoms with van der Waals surface area (Å²) in [5.41, 5.74) is 2.24. The van der Waals surface area contributed by atoms with Crippen LogP contribution in [-0.4, -0.2) is 21.9 Å². The van der Waals surface area contributed by atoms with Crippen LogP contribution in [0.15, 0.2) is 55.3 Å². The van der Waals surface area contributed by atoms with Gasteiger partial charge in [0.1, 0.15) is 0 Å². The minimum Gasteiger partial charge on any atom is -0.345 e. The molecular formula is C19H23ClN2O. The van der Waals surface area contributed by atoms with Crippen LogP contribution in [0.1, 0.15) is 25.1 Å². The van der Waals surface area contributed by atoms with Gasteiger partial charge in [-0.15, -0.1) is 6.58 Å². The smallest absolute Gasteiger partial charge is 0.225 e. The lowest BCUT2D eigenvalue weighted by Crippen LogP contribution is -2.34. The maximum atomic E-state index is 12.3. The number of halogens is 1. The number of rotatable bonds is 7. The Labute approximate surface area is 143 Å². The largest absolute Gasteiger partial charge is 0.345 e. The second-order valence-corrected chi connectivity index (χ2v) is 6.36. The zero-order chi connectivity index (χ0) is 16.8. The molecule has 0 bridgehead atoms. The molecule has 1 aromatic carbocycles. The number of carbonyl (C=O) groups is 1. The maximum absolute atomic E-state index is 12.3.